The quantitative estimate of drug-likeness (QED) is 0.906. The first-order valence-corrected chi connectivity index (χ1v) is 6.93. The van der Waals surface area contributed by atoms with E-state index in [1.165, 1.54) is 0 Å². The lowest BCUT2D eigenvalue weighted by atomic mass is 10.0. The zero-order chi connectivity index (χ0) is 13.0. The van der Waals surface area contributed by atoms with Crippen LogP contribution in [0, 0.1) is 0 Å². The summed E-state index contributed by atoms with van der Waals surface area (Å²) in [5.74, 6) is 0. The summed E-state index contributed by atoms with van der Waals surface area (Å²) in [5.41, 5.74) is 0.934. The Morgan fingerprint density at radius 3 is 2.58 bits per heavy atom. The maximum absolute atomic E-state index is 12.8. The third kappa shape index (κ3) is 4.47. The van der Waals surface area contributed by atoms with Crippen molar-refractivity contribution in [2.75, 3.05) is 32.9 Å². The van der Waals surface area contributed by atoms with Crippen LogP contribution in [-0.2, 0) is 0 Å². The summed E-state index contributed by atoms with van der Waals surface area (Å²) in [4.78, 5) is 2.27. The Kier molecular flexibility index (Phi) is 7.40. The van der Waals surface area contributed by atoms with Crippen LogP contribution in [0.4, 0.5) is 4.39 Å². The monoisotopic (exact) mass is 326 g/mol. The number of benzene rings is 1. The zero-order valence-corrected chi connectivity index (χ0v) is 12.9. The first-order valence-electron chi connectivity index (χ1n) is 6.18. The molecule has 1 aromatic rings. The molecule has 1 aromatic carbocycles. The molecule has 0 amide bonds. The molecule has 1 saturated heterocycles. The molecule has 19 heavy (non-hydrogen) atoms. The lowest BCUT2D eigenvalue weighted by molar-refractivity contribution is 0.157. The lowest BCUT2D eigenvalue weighted by Crippen LogP contribution is -2.45. The van der Waals surface area contributed by atoms with Gasteiger partial charge in [-0.25, -0.2) is 0 Å². The number of hydrogen-bond acceptors (Lipinski definition) is 2. The molecule has 0 bridgehead atoms. The maximum atomic E-state index is 12.8. The SMILES string of the molecule is Cl.FCC[C@@H](c1cc(Cl)ccc1Cl)N1CCNCC1. The minimum atomic E-state index is -0.350. The molecule has 6 heteroatoms. The second kappa shape index (κ2) is 8.28. The number of nitrogens with one attached hydrogen (secondary N) is 1. The van der Waals surface area contributed by atoms with Crippen molar-refractivity contribution in [3.8, 4) is 0 Å². The average Bonchev–Trinajstić information content (AvgIpc) is 2.40. The lowest BCUT2D eigenvalue weighted by Gasteiger charge is -2.35. The van der Waals surface area contributed by atoms with Gasteiger partial charge in [-0.1, -0.05) is 23.2 Å². The number of hydrogen-bond donors (Lipinski definition) is 1. The predicted octanol–water partition coefficient (Wildman–Crippen LogP) is 3.72. The Balaban J connectivity index is 0.00000180. The van der Waals surface area contributed by atoms with Crippen LogP contribution in [0.5, 0.6) is 0 Å². The number of halogens is 4. The molecule has 0 saturated carbocycles. The minimum absolute atomic E-state index is 0. The highest BCUT2D eigenvalue weighted by Crippen LogP contribution is 2.32. The first-order chi connectivity index (χ1) is 8.72. The molecule has 1 aliphatic heterocycles. The van der Waals surface area contributed by atoms with Crippen LogP contribution in [0.25, 0.3) is 0 Å². The Morgan fingerprint density at radius 2 is 1.95 bits per heavy atom. The molecular weight excluding hydrogens is 310 g/mol. The Bertz CT molecular complexity index is 397. The largest absolute Gasteiger partial charge is 0.314 e. The summed E-state index contributed by atoms with van der Waals surface area (Å²) in [6, 6.07) is 5.42. The molecule has 1 N–H and O–H groups in total. The third-order valence-electron chi connectivity index (χ3n) is 3.29. The molecule has 0 aliphatic carbocycles. The first kappa shape index (κ1) is 17.0. The van der Waals surface area contributed by atoms with E-state index in [4.69, 9.17) is 23.2 Å². The smallest absolute Gasteiger partial charge is 0.0912 e. The van der Waals surface area contributed by atoms with Crippen LogP contribution in [0.15, 0.2) is 18.2 Å². The molecular formula is C13H18Cl3FN2. The summed E-state index contributed by atoms with van der Waals surface area (Å²) in [6.45, 7) is 3.33. The Morgan fingerprint density at radius 1 is 1.26 bits per heavy atom. The summed E-state index contributed by atoms with van der Waals surface area (Å²) >= 11 is 12.2. The fourth-order valence-corrected chi connectivity index (χ4v) is 2.83. The normalized spacial score (nSPS) is 17.8. The van der Waals surface area contributed by atoms with Crippen molar-refractivity contribution in [1.29, 1.82) is 0 Å². The number of rotatable bonds is 4. The van der Waals surface area contributed by atoms with E-state index in [0.717, 1.165) is 31.7 Å². The van der Waals surface area contributed by atoms with Gasteiger partial charge in [0.25, 0.3) is 0 Å². The van der Waals surface area contributed by atoms with E-state index in [0.29, 0.717) is 16.5 Å². The molecule has 2 nitrogen and oxygen atoms in total. The van der Waals surface area contributed by atoms with Gasteiger partial charge in [-0.15, -0.1) is 12.4 Å². The zero-order valence-electron chi connectivity index (χ0n) is 10.5. The van der Waals surface area contributed by atoms with E-state index in [1.807, 2.05) is 6.07 Å². The standard InChI is InChI=1S/C13H17Cl2FN2.ClH/c14-10-1-2-12(15)11(9-10)13(3-4-16)18-7-5-17-6-8-18;/h1-2,9,13,17H,3-8H2;1H/t13-;/m0./s1. The van der Waals surface area contributed by atoms with Crippen molar-refractivity contribution >= 4 is 35.6 Å². The molecule has 2 rings (SSSR count). The minimum Gasteiger partial charge on any atom is -0.314 e. The van der Waals surface area contributed by atoms with E-state index in [9.17, 15) is 4.39 Å². The summed E-state index contributed by atoms with van der Waals surface area (Å²) in [6.07, 6.45) is 0.458. The van der Waals surface area contributed by atoms with Crippen molar-refractivity contribution in [3.05, 3.63) is 33.8 Å². The van der Waals surface area contributed by atoms with E-state index >= 15 is 0 Å². The summed E-state index contributed by atoms with van der Waals surface area (Å²) in [7, 11) is 0. The second-order valence-electron chi connectivity index (χ2n) is 4.45. The van der Waals surface area contributed by atoms with Crippen molar-refractivity contribution in [1.82, 2.24) is 10.2 Å². The fourth-order valence-electron chi connectivity index (χ4n) is 2.40. The van der Waals surface area contributed by atoms with Crippen LogP contribution in [-0.4, -0.2) is 37.8 Å². The molecule has 1 fully saturated rings. The molecule has 1 heterocycles. The van der Waals surface area contributed by atoms with Crippen LogP contribution >= 0.6 is 35.6 Å². The van der Waals surface area contributed by atoms with Crippen LogP contribution in [0.1, 0.15) is 18.0 Å². The predicted molar refractivity (Wildman–Crippen MR) is 81.5 cm³/mol. The van der Waals surface area contributed by atoms with Crippen molar-refractivity contribution in [2.45, 2.75) is 12.5 Å². The van der Waals surface area contributed by atoms with E-state index in [2.05, 4.69) is 10.2 Å². The Labute approximate surface area is 129 Å². The number of alkyl halides is 1. The second-order valence-corrected chi connectivity index (χ2v) is 5.29. The number of nitrogens with zero attached hydrogens (tertiary/aromatic N) is 1. The highest BCUT2D eigenvalue weighted by molar-refractivity contribution is 6.33. The summed E-state index contributed by atoms with van der Waals surface area (Å²) in [5, 5.41) is 4.60. The van der Waals surface area contributed by atoms with Gasteiger partial charge in [0.1, 0.15) is 0 Å². The fraction of sp³-hybridized carbons (Fsp3) is 0.538. The van der Waals surface area contributed by atoms with Crippen LogP contribution < -0.4 is 5.32 Å². The van der Waals surface area contributed by atoms with Crippen LogP contribution in [0.3, 0.4) is 0 Å². The van der Waals surface area contributed by atoms with Gasteiger partial charge in [0.05, 0.1) is 6.67 Å². The van der Waals surface area contributed by atoms with Gasteiger partial charge >= 0.3 is 0 Å². The topological polar surface area (TPSA) is 15.3 Å². The molecule has 0 unspecified atom stereocenters. The van der Waals surface area contributed by atoms with Gasteiger partial charge in [-0.3, -0.25) is 9.29 Å². The molecule has 1 atom stereocenters. The molecule has 0 spiro atoms. The highest BCUT2D eigenvalue weighted by atomic mass is 35.5. The number of piperazine rings is 1. The van der Waals surface area contributed by atoms with E-state index in [1.54, 1.807) is 12.1 Å². The molecule has 108 valence electrons. The average molecular weight is 328 g/mol. The van der Waals surface area contributed by atoms with Crippen molar-refractivity contribution in [3.63, 3.8) is 0 Å². The van der Waals surface area contributed by atoms with Crippen molar-refractivity contribution in [2.24, 2.45) is 0 Å². The van der Waals surface area contributed by atoms with E-state index < -0.39 is 0 Å². The van der Waals surface area contributed by atoms with Crippen molar-refractivity contribution < 1.29 is 4.39 Å². The molecule has 0 aromatic heterocycles. The molecule has 0 radical (unpaired) electrons. The van der Waals surface area contributed by atoms with E-state index in [-0.39, 0.29) is 25.1 Å². The Hall–Kier alpha value is -0.0600. The maximum Gasteiger partial charge on any atom is 0.0912 e. The van der Waals surface area contributed by atoms with Gasteiger partial charge < -0.3 is 5.32 Å². The van der Waals surface area contributed by atoms with Gasteiger partial charge in [-0.05, 0) is 30.2 Å². The van der Waals surface area contributed by atoms with Crippen LogP contribution in [0.2, 0.25) is 10.0 Å². The van der Waals surface area contributed by atoms with Gasteiger partial charge in [0.2, 0.25) is 0 Å². The van der Waals surface area contributed by atoms with Gasteiger partial charge in [0.15, 0.2) is 0 Å². The summed E-state index contributed by atoms with van der Waals surface area (Å²) < 4.78 is 12.8. The van der Waals surface area contributed by atoms with Gasteiger partial charge in [0, 0.05) is 42.3 Å². The third-order valence-corrected chi connectivity index (χ3v) is 3.87. The van der Waals surface area contributed by atoms with Gasteiger partial charge in [-0.2, -0.15) is 0 Å². The highest BCUT2D eigenvalue weighted by Gasteiger charge is 2.23. The molecule has 1 aliphatic rings.